The topological polar surface area (TPSA) is 96.0 Å². The summed E-state index contributed by atoms with van der Waals surface area (Å²) in [7, 11) is -3.46. The lowest BCUT2D eigenvalue weighted by atomic mass is 10.2. The second-order valence-electron chi connectivity index (χ2n) is 2.76. The third-order valence-electron chi connectivity index (χ3n) is 1.52. The van der Waals surface area contributed by atoms with Gasteiger partial charge in [0, 0.05) is 12.6 Å². The van der Waals surface area contributed by atoms with Gasteiger partial charge < -0.3 is 5.73 Å². The van der Waals surface area contributed by atoms with Crippen molar-refractivity contribution in [2.24, 2.45) is 5.73 Å². The zero-order chi connectivity index (χ0) is 10.3. The Balaban J connectivity index is 4.16. The maximum atomic E-state index is 11.1. The highest BCUT2D eigenvalue weighted by Gasteiger charge is 2.15. The van der Waals surface area contributed by atoms with Gasteiger partial charge in [0.05, 0.1) is 6.07 Å². The lowest BCUT2D eigenvalue weighted by Gasteiger charge is -2.14. The zero-order valence-electron chi connectivity index (χ0n) is 7.66. The number of nitrogens with zero attached hydrogens (tertiary/aromatic N) is 1. The Bertz CT molecular complexity index is 268. The summed E-state index contributed by atoms with van der Waals surface area (Å²) in [5, 5.41) is 8.22. The average molecular weight is 205 g/mol. The van der Waals surface area contributed by atoms with E-state index in [1.54, 1.807) is 6.07 Å². The van der Waals surface area contributed by atoms with Crippen LogP contribution in [-0.4, -0.2) is 26.8 Å². The van der Waals surface area contributed by atoms with Gasteiger partial charge in [-0.3, -0.25) is 0 Å². The van der Waals surface area contributed by atoms with Gasteiger partial charge in [0.1, 0.15) is 0 Å². The minimum Gasteiger partial charge on any atom is -0.329 e. The fraction of sp³-hybridized carbons (Fsp3) is 0.857. The normalized spacial score (nSPS) is 13.6. The summed E-state index contributed by atoms with van der Waals surface area (Å²) in [6.45, 7) is 2.21. The quantitative estimate of drug-likeness (QED) is 0.614. The first-order valence-corrected chi connectivity index (χ1v) is 5.78. The van der Waals surface area contributed by atoms with Gasteiger partial charge in [0.2, 0.25) is 10.0 Å². The molecule has 0 bridgehead atoms. The van der Waals surface area contributed by atoms with Crippen molar-refractivity contribution < 1.29 is 8.42 Å². The summed E-state index contributed by atoms with van der Waals surface area (Å²) in [6.07, 6.45) is 1.55. The molecule has 0 aliphatic heterocycles. The molecule has 3 N–H and O–H groups in total. The van der Waals surface area contributed by atoms with E-state index < -0.39 is 15.8 Å². The van der Waals surface area contributed by atoms with Crippen molar-refractivity contribution in [3.8, 4) is 6.07 Å². The number of nitrogens with one attached hydrogen (secondary N) is 1. The molecule has 0 aromatic heterocycles. The van der Waals surface area contributed by atoms with Gasteiger partial charge in [-0.05, 0) is 6.42 Å². The number of rotatable bonds is 6. The standard InChI is InChI=1S/C7H15N3O2S/c1-2-3-7(6-9)10-13(11,12)5-4-8/h7,10H,2-3,5-6,9H2,1H3. The Labute approximate surface area is 79.0 Å². The van der Waals surface area contributed by atoms with Crippen LogP contribution in [0.1, 0.15) is 19.8 Å². The summed E-state index contributed by atoms with van der Waals surface area (Å²) in [4.78, 5) is 0. The third kappa shape index (κ3) is 5.58. The van der Waals surface area contributed by atoms with Crippen LogP contribution in [-0.2, 0) is 10.0 Å². The van der Waals surface area contributed by atoms with Crippen molar-refractivity contribution in [2.75, 3.05) is 12.3 Å². The largest absolute Gasteiger partial charge is 0.329 e. The fourth-order valence-corrected chi connectivity index (χ4v) is 1.93. The van der Waals surface area contributed by atoms with Crippen molar-refractivity contribution in [1.29, 1.82) is 5.26 Å². The molecule has 1 atom stereocenters. The lowest BCUT2D eigenvalue weighted by Crippen LogP contribution is -2.40. The van der Waals surface area contributed by atoms with Crippen molar-refractivity contribution >= 4 is 10.0 Å². The lowest BCUT2D eigenvalue weighted by molar-refractivity contribution is 0.529. The van der Waals surface area contributed by atoms with Crippen LogP contribution in [0.2, 0.25) is 0 Å². The first-order valence-electron chi connectivity index (χ1n) is 4.12. The number of nitriles is 1. The van der Waals surface area contributed by atoms with Crippen molar-refractivity contribution in [3.05, 3.63) is 0 Å². The van der Waals surface area contributed by atoms with Gasteiger partial charge in [0.15, 0.2) is 5.75 Å². The highest BCUT2D eigenvalue weighted by Crippen LogP contribution is 1.97. The maximum Gasteiger partial charge on any atom is 0.225 e. The minimum atomic E-state index is -3.46. The molecule has 0 aliphatic rings. The number of nitrogens with two attached hydrogens (primary N) is 1. The van der Waals surface area contributed by atoms with Crippen LogP contribution < -0.4 is 10.5 Å². The molecule has 0 aromatic rings. The average Bonchev–Trinajstić information content (AvgIpc) is 2.03. The van der Waals surface area contributed by atoms with E-state index in [1.165, 1.54) is 0 Å². The van der Waals surface area contributed by atoms with Gasteiger partial charge in [0.25, 0.3) is 0 Å². The molecule has 76 valence electrons. The van der Waals surface area contributed by atoms with Crippen LogP contribution >= 0.6 is 0 Å². The van der Waals surface area contributed by atoms with E-state index in [9.17, 15) is 8.42 Å². The second kappa shape index (κ2) is 5.91. The van der Waals surface area contributed by atoms with E-state index in [-0.39, 0.29) is 12.6 Å². The maximum absolute atomic E-state index is 11.1. The summed E-state index contributed by atoms with van der Waals surface area (Å²) in [5.41, 5.74) is 5.35. The molecule has 1 unspecified atom stereocenters. The predicted molar refractivity (Wildman–Crippen MR) is 50.3 cm³/mol. The van der Waals surface area contributed by atoms with Gasteiger partial charge in [-0.1, -0.05) is 13.3 Å². The molecule has 0 amide bonds. The molecule has 6 heteroatoms. The van der Waals surface area contributed by atoms with Gasteiger partial charge in [-0.25, -0.2) is 13.1 Å². The molecular weight excluding hydrogens is 190 g/mol. The Morgan fingerprint density at radius 2 is 2.23 bits per heavy atom. The van der Waals surface area contributed by atoms with E-state index in [0.717, 1.165) is 6.42 Å². The van der Waals surface area contributed by atoms with E-state index in [0.29, 0.717) is 6.42 Å². The molecule has 5 nitrogen and oxygen atoms in total. The SMILES string of the molecule is CCCC(CN)NS(=O)(=O)CC#N. The molecule has 0 aromatic carbocycles. The molecule has 0 aliphatic carbocycles. The molecular formula is C7H15N3O2S. The van der Waals surface area contributed by atoms with Crippen LogP contribution in [0, 0.1) is 11.3 Å². The summed E-state index contributed by atoms with van der Waals surface area (Å²) >= 11 is 0. The van der Waals surface area contributed by atoms with E-state index in [1.807, 2.05) is 6.92 Å². The minimum absolute atomic E-state index is 0.247. The van der Waals surface area contributed by atoms with Crippen LogP contribution in [0.5, 0.6) is 0 Å². The van der Waals surface area contributed by atoms with Gasteiger partial charge in [-0.15, -0.1) is 0 Å². The Kier molecular flexibility index (Phi) is 5.62. The first-order chi connectivity index (χ1) is 6.05. The smallest absolute Gasteiger partial charge is 0.225 e. The fourth-order valence-electron chi connectivity index (χ4n) is 0.954. The van der Waals surface area contributed by atoms with Crippen LogP contribution in [0.25, 0.3) is 0 Å². The molecule has 0 rings (SSSR count). The van der Waals surface area contributed by atoms with Crippen molar-refractivity contribution in [2.45, 2.75) is 25.8 Å². The Hall–Kier alpha value is -0.640. The highest BCUT2D eigenvalue weighted by molar-refractivity contribution is 7.89. The van der Waals surface area contributed by atoms with Gasteiger partial charge in [-0.2, -0.15) is 5.26 Å². The molecule has 0 saturated heterocycles. The van der Waals surface area contributed by atoms with Crippen LogP contribution in [0.4, 0.5) is 0 Å². The molecule has 0 heterocycles. The van der Waals surface area contributed by atoms with Crippen LogP contribution in [0.15, 0.2) is 0 Å². The molecule has 0 spiro atoms. The number of hydrogen-bond acceptors (Lipinski definition) is 4. The van der Waals surface area contributed by atoms with E-state index in [2.05, 4.69) is 4.72 Å². The van der Waals surface area contributed by atoms with E-state index in [4.69, 9.17) is 11.0 Å². The highest BCUT2D eigenvalue weighted by atomic mass is 32.2. The molecule has 0 saturated carbocycles. The van der Waals surface area contributed by atoms with Crippen molar-refractivity contribution in [1.82, 2.24) is 4.72 Å². The number of hydrogen-bond donors (Lipinski definition) is 2. The molecule has 13 heavy (non-hydrogen) atoms. The second-order valence-corrected chi connectivity index (χ2v) is 4.51. The molecule has 0 radical (unpaired) electrons. The summed E-state index contributed by atoms with van der Waals surface area (Å²) < 4.78 is 24.5. The van der Waals surface area contributed by atoms with Gasteiger partial charge >= 0.3 is 0 Å². The first kappa shape index (κ1) is 12.4. The van der Waals surface area contributed by atoms with E-state index >= 15 is 0 Å². The Morgan fingerprint density at radius 3 is 2.62 bits per heavy atom. The summed E-state index contributed by atoms with van der Waals surface area (Å²) in [6, 6.07) is 1.34. The third-order valence-corrected chi connectivity index (χ3v) is 2.72. The zero-order valence-corrected chi connectivity index (χ0v) is 8.47. The Morgan fingerprint density at radius 1 is 1.62 bits per heavy atom. The monoisotopic (exact) mass is 205 g/mol. The van der Waals surface area contributed by atoms with Crippen molar-refractivity contribution in [3.63, 3.8) is 0 Å². The van der Waals surface area contributed by atoms with Crippen LogP contribution in [0.3, 0.4) is 0 Å². The summed E-state index contributed by atoms with van der Waals surface area (Å²) in [5.74, 6) is -0.507. The molecule has 0 fully saturated rings. The number of sulfonamides is 1. The predicted octanol–water partition coefficient (Wildman–Crippen LogP) is -0.443.